The highest BCUT2D eigenvalue weighted by molar-refractivity contribution is 7.09. The van der Waals surface area contributed by atoms with Crippen LogP contribution in [0.2, 0.25) is 5.02 Å². The summed E-state index contributed by atoms with van der Waals surface area (Å²) < 4.78 is 4.95. The van der Waals surface area contributed by atoms with Gasteiger partial charge in [0.25, 0.3) is 0 Å². The van der Waals surface area contributed by atoms with Crippen LogP contribution in [-0.2, 0) is 16.0 Å². The molecule has 3 atom stereocenters. The highest BCUT2D eigenvalue weighted by Gasteiger charge is 2.31. The Labute approximate surface area is 186 Å². The maximum Gasteiger partial charge on any atom is 0.312 e. The van der Waals surface area contributed by atoms with Gasteiger partial charge in [0.05, 0.1) is 24.9 Å². The summed E-state index contributed by atoms with van der Waals surface area (Å²) in [6.07, 6.45) is 3.95. The minimum atomic E-state index is -1.04. The summed E-state index contributed by atoms with van der Waals surface area (Å²) in [6.45, 7) is 2.15. The molecule has 160 valence electrons. The van der Waals surface area contributed by atoms with E-state index in [0.717, 1.165) is 35.5 Å². The number of nitrogens with zero attached hydrogens (tertiary/aromatic N) is 1. The molecule has 0 aliphatic rings. The average molecular weight is 447 g/mol. The van der Waals surface area contributed by atoms with Crippen LogP contribution in [0.3, 0.4) is 0 Å². The molecule has 3 unspecified atom stereocenters. The zero-order chi connectivity index (χ0) is 21.5. The topological polar surface area (TPSA) is 75.2 Å². The SMILES string of the molecule is CCCCC(c1ncc(C(O)C(Cc2cccs2)C(=O)OC)[nH]1)c1ccccc1Cl. The lowest BCUT2D eigenvalue weighted by Crippen LogP contribution is -2.26. The van der Waals surface area contributed by atoms with Crippen LogP contribution in [0.25, 0.3) is 0 Å². The number of hydrogen-bond acceptors (Lipinski definition) is 5. The lowest BCUT2D eigenvalue weighted by atomic mass is 9.92. The summed E-state index contributed by atoms with van der Waals surface area (Å²) in [5, 5.41) is 13.6. The molecule has 0 spiro atoms. The predicted octanol–water partition coefficient (Wildman–Crippen LogP) is 5.51. The summed E-state index contributed by atoms with van der Waals surface area (Å²) in [4.78, 5) is 21.2. The van der Waals surface area contributed by atoms with E-state index >= 15 is 0 Å². The number of carbonyl (C=O) groups excluding carboxylic acids is 1. The van der Waals surface area contributed by atoms with Crippen molar-refractivity contribution in [2.24, 2.45) is 5.92 Å². The third kappa shape index (κ3) is 5.31. The smallest absolute Gasteiger partial charge is 0.312 e. The van der Waals surface area contributed by atoms with Crippen molar-refractivity contribution in [2.45, 2.75) is 44.6 Å². The third-order valence-corrected chi connectivity index (χ3v) is 6.52. The molecule has 2 N–H and O–H groups in total. The molecule has 0 radical (unpaired) electrons. The van der Waals surface area contributed by atoms with E-state index in [1.807, 2.05) is 41.8 Å². The molecular formula is C23H27ClN2O3S. The molecule has 0 fully saturated rings. The summed E-state index contributed by atoms with van der Waals surface area (Å²) in [6, 6.07) is 11.6. The summed E-state index contributed by atoms with van der Waals surface area (Å²) in [5.74, 6) is -0.421. The van der Waals surface area contributed by atoms with Gasteiger partial charge in [0.15, 0.2) is 0 Å². The minimum absolute atomic E-state index is 0.00604. The Bertz CT molecular complexity index is 942. The summed E-state index contributed by atoms with van der Waals surface area (Å²) in [5.41, 5.74) is 1.51. The molecule has 2 heterocycles. The van der Waals surface area contributed by atoms with E-state index < -0.39 is 18.0 Å². The number of esters is 1. The monoisotopic (exact) mass is 446 g/mol. The third-order valence-electron chi connectivity index (χ3n) is 5.28. The standard InChI is InChI=1S/C23H27ClN2O3S/c1-3-4-9-17(16-10-5-6-11-19(16)24)22-25-14-20(26-22)21(27)18(23(28)29-2)13-15-8-7-12-30-15/h5-8,10-12,14,17-18,21,27H,3-4,9,13H2,1-2H3,(H,25,26). The fourth-order valence-electron chi connectivity index (χ4n) is 3.62. The number of benzene rings is 1. The number of aromatic nitrogens is 2. The summed E-state index contributed by atoms with van der Waals surface area (Å²) in [7, 11) is 1.34. The maximum atomic E-state index is 12.4. The molecule has 0 amide bonds. The highest BCUT2D eigenvalue weighted by Crippen LogP contribution is 2.34. The average Bonchev–Trinajstić information content (AvgIpc) is 3.45. The molecule has 2 aromatic heterocycles. The first-order valence-corrected chi connectivity index (χ1v) is 11.4. The van der Waals surface area contributed by atoms with Crippen molar-refractivity contribution in [1.29, 1.82) is 0 Å². The van der Waals surface area contributed by atoms with Crippen LogP contribution in [0.1, 0.15) is 60.2 Å². The van der Waals surface area contributed by atoms with Gasteiger partial charge in [-0.15, -0.1) is 11.3 Å². The van der Waals surface area contributed by atoms with Gasteiger partial charge in [-0.2, -0.15) is 0 Å². The first kappa shape index (κ1) is 22.5. The Morgan fingerprint density at radius 3 is 2.77 bits per heavy atom. The van der Waals surface area contributed by atoms with Crippen LogP contribution in [0, 0.1) is 5.92 Å². The van der Waals surface area contributed by atoms with E-state index in [0.29, 0.717) is 17.1 Å². The van der Waals surface area contributed by atoms with Crippen LogP contribution in [-0.4, -0.2) is 28.2 Å². The van der Waals surface area contributed by atoms with E-state index in [1.165, 1.54) is 7.11 Å². The number of H-pyrrole nitrogens is 1. The molecule has 0 saturated heterocycles. The Hall–Kier alpha value is -2.15. The molecule has 5 nitrogen and oxygen atoms in total. The number of imidazole rings is 1. The second-order valence-electron chi connectivity index (χ2n) is 7.30. The molecule has 3 rings (SSSR count). The largest absolute Gasteiger partial charge is 0.469 e. The van der Waals surface area contributed by atoms with E-state index in [1.54, 1.807) is 17.5 Å². The zero-order valence-corrected chi connectivity index (χ0v) is 18.7. The van der Waals surface area contributed by atoms with Crippen molar-refractivity contribution in [3.63, 3.8) is 0 Å². The van der Waals surface area contributed by atoms with Gasteiger partial charge in [-0.25, -0.2) is 4.98 Å². The van der Waals surface area contributed by atoms with Gasteiger partial charge in [-0.05, 0) is 35.9 Å². The van der Waals surface area contributed by atoms with Gasteiger partial charge in [-0.1, -0.05) is 55.6 Å². The molecule has 0 aliphatic carbocycles. The van der Waals surface area contributed by atoms with Crippen molar-refractivity contribution in [1.82, 2.24) is 9.97 Å². The van der Waals surface area contributed by atoms with Crippen LogP contribution < -0.4 is 0 Å². The van der Waals surface area contributed by atoms with Gasteiger partial charge >= 0.3 is 5.97 Å². The molecular weight excluding hydrogens is 420 g/mol. The van der Waals surface area contributed by atoms with Gasteiger partial charge < -0.3 is 14.8 Å². The number of carbonyl (C=O) groups is 1. The van der Waals surface area contributed by atoms with E-state index in [-0.39, 0.29) is 5.92 Å². The van der Waals surface area contributed by atoms with E-state index in [4.69, 9.17) is 16.3 Å². The number of thiophene rings is 1. The van der Waals surface area contributed by atoms with Crippen LogP contribution in [0.4, 0.5) is 0 Å². The van der Waals surface area contributed by atoms with Gasteiger partial charge in [0, 0.05) is 15.8 Å². The number of hydrogen-bond donors (Lipinski definition) is 2. The van der Waals surface area contributed by atoms with E-state index in [2.05, 4.69) is 16.9 Å². The quantitative estimate of drug-likeness (QED) is 0.402. The number of nitrogens with one attached hydrogen (secondary N) is 1. The Kier molecular flexibility index (Phi) is 8.08. The lowest BCUT2D eigenvalue weighted by Gasteiger charge is -2.20. The Morgan fingerprint density at radius 2 is 2.10 bits per heavy atom. The van der Waals surface area contributed by atoms with Crippen molar-refractivity contribution in [3.05, 3.63) is 75.0 Å². The Morgan fingerprint density at radius 1 is 1.30 bits per heavy atom. The summed E-state index contributed by atoms with van der Waals surface area (Å²) >= 11 is 8.01. The second-order valence-corrected chi connectivity index (χ2v) is 8.74. The molecule has 1 aromatic carbocycles. The van der Waals surface area contributed by atoms with Gasteiger partial charge in [0.1, 0.15) is 11.9 Å². The number of ether oxygens (including phenoxy) is 1. The maximum absolute atomic E-state index is 12.4. The number of aromatic amines is 1. The minimum Gasteiger partial charge on any atom is -0.469 e. The normalized spacial score (nSPS) is 14.3. The number of rotatable bonds is 10. The van der Waals surface area contributed by atoms with Gasteiger partial charge in [0.2, 0.25) is 0 Å². The number of halogens is 1. The lowest BCUT2D eigenvalue weighted by molar-refractivity contribution is -0.149. The van der Waals surface area contributed by atoms with Crippen molar-refractivity contribution < 1.29 is 14.6 Å². The number of unbranched alkanes of at least 4 members (excludes halogenated alkanes) is 1. The molecule has 30 heavy (non-hydrogen) atoms. The molecule has 3 aromatic rings. The van der Waals surface area contributed by atoms with Crippen molar-refractivity contribution in [2.75, 3.05) is 7.11 Å². The van der Waals surface area contributed by atoms with Crippen molar-refractivity contribution in [3.8, 4) is 0 Å². The first-order chi connectivity index (χ1) is 14.5. The fourth-order valence-corrected chi connectivity index (χ4v) is 4.65. The zero-order valence-electron chi connectivity index (χ0n) is 17.2. The number of methoxy groups -OCH3 is 1. The van der Waals surface area contributed by atoms with Gasteiger partial charge in [-0.3, -0.25) is 4.79 Å². The number of aliphatic hydroxyl groups excluding tert-OH is 1. The second kappa shape index (κ2) is 10.8. The van der Waals surface area contributed by atoms with Crippen LogP contribution >= 0.6 is 22.9 Å². The molecule has 0 aliphatic heterocycles. The van der Waals surface area contributed by atoms with E-state index in [9.17, 15) is 9.90 Å². The molecule has 7 heteroatoms. The molecule has 0 saturated carbocycles. The fraction of sp³-hybridized carbons (Fsp3) is 0.391. The van der Waals surface area contributed by atoms with Crippen LogP contribution in [0.15, 0.2) is 48.0 Å². The highest BCUT2D eigenvalue weighted by atomic mass is 35.5. The Balaban J connectivity index is 1.87. The molecule has 0 bridgehead atoms. The predicted molar refractivity (Wildman–Crippen MR) is 120 cm³/mol. The number of aliphatic hydroxyl groups is 1. The van der Waals surface area contributed by atoms with Crippen LogP contribution in [0.5, 0.6) is 0 Å². The first-order valence-electron chi connectivity index (χ1n) is 10.1. The van der Waals surface area contributed by atoms with Crippen molar-refractivity contribution >= 4 is 28.9 Å².